The fourth-order valence-electron chi connectivity index (χ4n) is 1.31. The minimum absolute atomic E-state index is 0.223. The summed E-state index contributed by atoms with van der Waals surface area (Å²) in [7, 11) is 0. The third-order valence-corrected chi connectivity index (χ3v) is 3.24. The lowest BCUT2D eigenvalue weighted by Crippen LogP contribution is -2.14. The van der Waals surface area contributed by atoms with Crippen molar-refractivity contribution in [1.82, 2.24) is 10.1 Å². The Labute approximate surface area is 107 Å². The smallest absolute Gasteiger partial charge is 0.246 e. The van der Waals surface area contributed by atoms with Crippen LogP contribution in [0.25, 0.3) is 11.4 Å². The van der Waals surface area contributed by atoms with Gasteiger partial charge in [0.15, 0.2) is 0 Å². The van der Waals surface area contributed by atoms with Crippen molar-refractivity contribution in [2.75, 3.05) is 6.61 Å². The molecule has 3 N–H and O–H groups in total. The maximum atomic E-state index is 8.89. The molecular weight excluding hydrogens is 286 g/mol. The molecule has 2 aromatic rings. The van der Waals surface area contributed by atoms with E-state index in [0.717, 1.165) is 15.6 Å². The zero-order valence-corrected chi connectivity index (χ0v) is 10.8. The van der Waals surface area contributed by atoms with Gasteiger partial charge < -0.3 is 15.4 Å². The van der Waals surface area contributed by atoms with Crippen molar-refractivity contribution in [3.63, 3.8) is 0 Å². The number of halogens is 1. The Kier molecular flexibility index (Phi) is 3.56. The van der Waals surface area contributed by atoms with Crippen LogP contribution in [0.2, 0.25) is 0 Å². The molecule has 0 aliphatic heterocycles. The van der Waals surface area contributed by atoms with Gasteiger partial charge in [0.2, 0.25) is 11.7 Å². The molecule has 1 heterocycles. The summed E-state index contributed by atoms with van der Waals surface area (Å²) in [5.74, 6) is 0.698. The first kappa shape index (κ1) is 12.2. The molecule has 0 amide bonds. The minimum Gasteiger partial charge on any atom is -0.394 e. The topological polar surface area (TPSA) is 85.2 Å². The Morgan fingerprint density at radius 2 is 2.29 bits per heavy atom. The first-order chi connectivity index (χ1) is 8.11. The van der Waals surface area contributed by atoms with E-state index in [-0.39, 0.29) is 12.5 Å². The van der Waals surface area contributed by atoms with Crippen LogP contribution in [-0.4, -0.2) is 21.9 Å². The molecule has 1 aromatic heterocycles. The number of aromatic nitrogens is 2. The SMILES string of the molecule is Cc1ccc(-c2noc([C@@H](N)CO)n2)cc1Br. The number of aliphatic hydroxyl groups excluding tert-OH is 1. The van der Waals surface area contributed by atoms with Crippen LogP contribution >= 0.6 is 15.9 Å². The summed E-state index contributed by atoms with van der Waals surface area (Å²) in [5.41, 5.74) is 7.55. The second-order valence-electron chi connectivity index (χ2n) is 3.71. The van der Waals surface area contributed by atoms with Crippen molar-refractivity contribution in [1.29, 1.82) is 0 Å². The lowest BCUT2D eigenvalue weighted by Gasteiger charge is -2.00. The van der Waals surface area contributed by atoms with Gasteiger partial charge in [-0.2, -0.15) is 4.98 Å². The Hall–Kier alpha value is -1.24. The maximum Gasteiger partial charge on any atom is 0.246 e. The quantitative estimate of drug-likeness (QED) is 0.902. The number of aryl methyl sites for hydroxylation is 1. The molecular formula is C11H12BrN3O2. The highest BCUT2D eigenvalue weighted by molar-refractivity contribution is 9.10. The highest BCUT2D eigenvalue weighted by atomic mass is 79.9. The Bertz CT molecular complexity index is 527. The molecule has 6 heteroatoms. The van der Waals surface area contributed by atoms with Crippen LogP contribution < -0.4 is 5.73 Å². The van der Waals surface area contributed by atoms with Gasteiger partial charge in [0.1, 0.15) is 6.04 Å². The van der Waals surface area contributed by atoms with Gasteiger partial charge in [0, 0.05) is 10.0 Å². The van der Waals surface area contributed by atoms with Crippen LogP contribution in [0.4, 0.5) is 0 Å². The highest BCUT2D eigenvalue weighted by Gasteiger charge is 2.14. The molecule has 0 saturated carbocycles. The van der Waals surface area contributed by atoms with Crippen LogP contribution in [-0.2, 0) is 0 Å². The fraction of sp³-hybridized carbons (Fsp3) is 0.273. The first-order valence-corrected chi connectivity index (χ1v) is 5.87. The Morgan fingerprint density at radius 1 is 1.53 bits per heavy atom. The molecule has 0 aliphatic carbocycles. The number of benzene rings is 1. The highest BCUT2D eigenvalue weighted by Crippen LogP contribution is 2.24. The molecule has 0 unspecified atom stereocenters. The second-order valence-corrected chi connectivity index (χ2v) is 4.56. The van der Waals surface area contributed by atoms with Crippen LogP contribution in [0.15, 0.2) is 27.2 Å². The summed E-state index contributed by atoms with van der Waals surface area (Å²) in [4.78, 5) is 4.14. The van der Waals surface area contributed by atoms with E-state index in [4.69, 9.17) is 15.4 Å². The van der Waals surface area contributed by atoms with Crippen LogP contribution in [0.1, 0.15) is 17.5 Å². The van der Waals surface area contributed by atoms with Crippen molar-refractivity contribution in [3.8, 4) is 11.4 Å². The number of aliphatic hydroxyl groups is 1. The van der Waals surface area contributed by atoms with E-state index in [2.05, 4.69) is 26.1 Å². The number of hydrogen-bond acceptors (Lipinski definition) is 5. The lowest BCUT2D eigenvalue weighted by molar-refractivity contribution is 0.237. The molecule has 17 heavy (non-hydrogen) atoms. The lowest BCUT2D eigenvalue weighted by atomic mass is 10.1. The van der Waals surface area contributed by atoms with Gasteiger partial charge in [-0.25, -0.2) is 0 Å². The fourth-order valence-corrected chi connectivity index (χ4v) is 1.69. The van der Waals surface area contributed by atoms with Crippen LogP contribution in [0.3, 0.4) is 0 Å². The van der Waals surface area contributed by atoms with E-state index in [0.29, 0.717) is 5.82 Å². The van der Waals surface area contributed by atoms with E-state index < -0.39 is 6.04 Å². The molecule has 0 radical (unpaired) electrons. The van der Waals surface area contributed by atoms with Gasteiger partial charge in [0.25, 0.3) is 0 Å². The van der Waals surface area contributed by atoms with E-state index in [1.165, 1.54) is 0 Å². The zero-order valence-electron chi connectivity index (χ0n) is 9.22. The van der Waals surface area contributed by atoms with Crippen molar-refractivity contribution in [2.24, 2.45) is 5.73 Å². The average Bonchev–Trinajstić information content (AvgIpc) is 2.81. The molecule has 90 valence electrons. The summed E-state index contributed by atoms with van der Waals surface area (Å²) in [6, 6.07) is 5.14. The molecule has 0 bridgehead atoms. The molecule has 1 aromatic carbocycles. The largest absolute Gasteiger partial charge is 0.394 e. The van der Waals surface area contributed by atoms with E-state index in [1.54, 1.807) is 0 Å². The number of rotatable bonds is 3. The van der Waals surface area contributed by atoms with Gasteiger partial charge in [-0.1, -0.05) is 33.2 Å². The number of nitrogens with zero attached hydrogens (tertiary/aromatic N) is 2. The predicted octanol–water partition coefficient (Wildman–Crippen LogP) is 1.80. The Balaban J connectivity index is 2.33. The second kappa shape index (κ2) is 4.95. The Morgan fingerprint density at radius 3 is 2.94 bits per heavy atom. The molecule has 0 saturated heterocycles. The third kappa shape index (κ3) is 2.54. The van der Waals surface area contributed by atoms with Crippen LogP contribution in [0, 0.1) is 6.92 Å². The van der Waals surface area contributed by atoms with E-state index in [1.807, 2.05) is 25.1 Å². The van der Waals surface area contributed by atoms with Crippen molar-refractivity contribution >= 4 is 15.9 Å². The number of nitrogens with two attached hydrogens (primary N) is 1. The summed E-state index contributed by atoms with van der Waals surface area (Å²) >= 11 is 3.44. The summed E-state index contributed by atoms with van der Waals surface area (Å²) in [5, 5.41) is 12.7. The van der Waals surface area contributed by atoms with E-state index in [9.17, 15) is 0 Å². The summed E-state index contributed by atoms with van der Waals surface area (Å²) in [6.45, 7) is 1.77. The summed E-state index contributed by atoms with van der Waals surface area (Å²) < 4.78 is 5.96. The molecule has 0 spiro atoms. The normalized spacial score (nSPS) is 12.7. The third-order valence-electron chi connectivity index (χ3n) is 2.39. The minimum atomic E-state index is -0.634. The molecule has 1 atom stereocenters. The van der Waals surface area contributed by atoms with Crippen molar-refractivity contribution in [2.45, 2.75) is 13.0 Å². The molecule has 2 rings (SSSR count). The summed E-state index contributed by atoms with van der Waals surface area (Å²) in [6.07, 6.45) is 0. The van der Waals surface area contributed by atoms with Gasteiger partial charge in [-0.05, 0) is 18.6 Å². The van der Waals surface area contributed by atoms with Crippen molar-refractivity contribution in [3.05, 3.63) is 34.1 Å². The first-order valence-electron chi connectivity index (χ1n) is 5.08. The van der Waals surface area contributed by atoms with Crippen LogP contribution in [0.5, 0.6) is 0 Å². The van der Waals surface area contributed by atoms with Gasteiger partial charge in [-0.15, -0.1) is 0 Å². The zero-order chi connectivity index (χ0) is 12.4. The molecule has 0 fully saturated rings. The maximum absolute atomic E-state index is 8.89. The van der Waals surface area contributed by atoms with Gasteiger partial charge in [-0.3, -0.25) is 0 Å². The monoisotopic (exact) mass is 297 g/mol. The standard InChI is InChI=1S/C11H12BrN3O2/c1-6-2-3-7(4-8(6)12)10-14-11(17-15-10)9(13)5-16/h2-4,9,16H,5,13H2,1H3/t9-/m0/s1. The molecule has 5 nitrogen and oxygen atoms in total. The number of hydrogen-bond donors (Lipinski definition) is 2. The molecule has 0 aliphatic rings. The predicted molar refractivity (Wildman–Crippen MR) is 66.2 cm³/mol. The average molecular weight is 298 g/mol. The van der Waals surface area contributed by atoms with Gasteiger partial charge >= 0.3 is 0 Å². The van der Waals surface area contributed by atoms with Gasteiger partial charge in [0.05, 0.1) is 6.61 Å². The van der Waals surface area contributed by atoms with Crippen molar-refractivity contribution < 1.29 is 9.63 Å². The van der Waals surface area contributed by atoms with E-state index >= 15 is 0 Å².